The van der Waals surface area contributed by atoms with Crippen LogP contribution in [0.5, 0.6) is 5.75 Å². The molecular formula is C16H23NO2. The van der Waals surface area contributed by atoms with E-state index in [-0.39, 0.29) is 5.60 Å². The van der Waals surface area contributed by atoms with E-state index in [2.05, 4.69) is 24.1 Å². The zero-order valence-corrected chi connectivity index (χ0v) is 11.6. The standard InChI is InChI=1S/C16H23NO2/c1-17-11-15(13-5-7-14(18)8-6-13)16(19-12-17)9-3-2-4-10-16/h5-8,15,18H,2-4,9-12H2,1H3/t15-/m1/s1. The van der Waals surface area contributed by atoms with Crippen molar-refractivity contribution in [1.82, 2.24) is 4.90 Å². The second kappa shape index (κ2) is 5.14. The zero-order chi connectivity index (χ0) is 13.3. The minimum Gasteiger partial charge on any atom is -0.508 e. The number of likely N-dealkylation sites (N-methyl/N-ethyl adjacent to an activating group) is 1. The molecule has 0 radical (unpaired) electrons. The van der Waals surface area contributed by atoms with Gasteiger partial charge in [0.25, 0.3) is 0 Å². The molecule has 1 heterocycles. The molecule has 1 aliphatic heterocycles. The minimum atomic E-state index is 0.0295. The van der Waals surface area contributed by atoms with Crippen molar-refractivity contribution < 1.29 is 9.84 Å². The summed E-state index contributed by atoms with van der Waals surface area (Å²) in [5.41, 5.74) is 1.33. The van der Waals surface area contributed by atoms with Gasteiger partial charge in [0.1, 0.15) is 5.75 Å². The summed E-state index contributed by atoms with van der Waals surface area (Å²) in [4.78, 5) is 2.25. The van der Waals surface area contributed by atoms with Crippen molar-refractivity contribution >= 4 is 0 Å². The SMILES string of the molecule is CN1COC2(CCCCC2)[C@@H](c2ccc(O)cc2)C1. The molecule has 3 nitrogen and oxygen atoms in total. The van der Waals surface area contributed by atoms with E-state index in [9.17, 15) is 5.11 Å². The van der Waals surface area contributed by atoms with E-state index in [1.165, 1.54) is 37.7 Å². The van der Waals surface area contributed by atoms with Gasteiger partial charge in [0.05, 0.1) is 12.3 Å². The Morgan fingerprint density at radius 2 is 1.84 bits per heavy atom. The molecule has 3 rings (SSSR count). The van der Waals surface area contributed by atoms with E-state index in [1.54, 1.807) is 12.1 Å². The van der Waals surface area contributed by atoms with E-state index in [4.69, 9.17) is 4.74 Å². The van der Waals surface area contributed by atoms with Gasteiger partial charge in [-0.05, 0) is 37.6 Å². The van der Waals surface area contributed by atoms with Gasteiger partial charge in [-0.3, -0.25) is 4.90 Å². The largest absolute Gasteiger partial charge is 0.508 e. The van der Waals surface area contributed by atoms with Crippen LogP contribution in [0, 0.1) is 0 Å². The fourth-order valence-electron chi connectivity index (χ4n) is 3.63. The van der Waals surface area contributed by atoms with Gasteiger partial charge in [0, 0.05) is 12.5 Å². The molecule has 1 saturated carbocycles. The molecule has 1 aromatic rings. The van der Waals surface area contributed by atoms with Crippen LogP contribution < -0.4 is 0 Å². The van der Waals surface area contributed by atoms with Gasteiger partial charge in [-0.15, -0.1) is 0 Å². The molecule has 2 fully saturated rings. The number of phenolic OH excluding ortho intramolecular Hbond substituents is 1. The van der Waals surface area contributed by atoms with Crippen LogP contribution in [0.2, 0.25) is 0 Å². The number of ether oxygens (including phenoxy) is 1. The van der Waals surface area contributed by atoms with Crippen LogP contribution >= 0.6 is 0 Å². The Hall–Kier alpha value is -1.06. The first-order valence-corrected chi connectivity index (χ1v) is 7.31. The third-order valence-corrected chi connectivity index (χ3v) is 4.70. The van der Waals surface area contributed by atoms with E-state index in [0.29, 0.717) is 11.7 Å². The molecule has 1 aromatic carbocycles. The van der Waals surface area contributed by atoms with Crippen molar-refractivity contribution in [3.05, 3.63) is 29.8 Å². The normalized spacial score (nSPS) is 27.5. The van der Waals surface area contributed by atoms with Crippen LogP contribution in [0.3, 0.4) is 0 Å². The lowest BCUT2D eigenvalue weighted by Gasteiger charge is -2.49. The fourth-order valence-corrected chi connectivity index (χ4v) is 3.63. The van der Waals surface area contributed by atoms with Crippen LogP contribution in [-0.4, -0.2) is 35.9 Å². The fraction of sp³-hybridized carbons (Fsp3) is 0.625. The average Bonchev–Trinajstić information content (AvgIpc) is 2.44. The van der Waals surface area contributed by atoms with E-state index in [1.807, 2.05) is 0 Å². The van der Waals surface area contributed by atoms with Crippen molar-refractivity contribution in [3.63, 3.8) is 0 Å². The Balaban J connectivity index is 1.91. The lowest BCUT2D eigenvalue weighted by atomic mass is 9.71. The third-order valence-electron chi connectivity index (χ3n) is 4.70. The average molecular weight is 261 g/mol. The number of benzene rings is 1. The third kappa shape index (κ3) is 2.49. The van der Waals surface area contributed by atoms with Gasteiger partial charge in [-0.25, -0.2) is 0 Å². The van der Waals surface area contributed by atoms with Gasteiger partial charge < -0.3 is 9.84 Å². The highest BCUT2D eigenvalue weighted by Gasteiger charge is 2.44. The summed E-state index contributed by atoms with van der Waals surface area (Å²) in [5, 5.41) is 9.47. The second-order valence-electron chi connectivity index (χ2n) is 6.08. The van der Waals surface area contributed by atoms with Gasteiger partial charge in [0.2, 0.25) is 0 Å². The molecule has 1 spiro atoms. The molecule has 104 valence electrons. The Morgan fingerprint density at radius 1 is 1.16 bits per heavy atom. The molecule has 1 aliphatic carbocycles. The predicted molar refractivity (Wildman–Crippen MR) is 75.2 cm³/mol. The summed E-state index contributed by atoms with van der Waals surface area (Å²) in [6.07, 6.45) is 6.23. The molecule has 0 unspecified atom stereocenters. The highest BCUT2D eigenvalue weighted by atomic mass is 16.5. The number of hydrogen-bond donors (Lipinski definition) is 1. The van der Waals surface area contributed by atoms with Gasteiger partial charge >= 0.3 is 0 Å². The van der Waals surface area contributed by atoms with E-state index in [0.717, 1.165) is 13.3 Å². The first-order chi connectivity index (χ1) is 9.20. The Morgan fingerprint density at radius 3 is 2.53 bits per heavy atom. The van der Waals surface area contributed by atoms with Gasteiger partial charge in [0.15, 0.2) is 0 Å². The van der Waals surface area contributed by atoms with Crippen LogP contribution in [0.25, 0.3) is 0 Å². The zero-order valence-electron chi connectivity index (χ0n) is 11.6. The number of phenols is 1. The maximum absolute atomic E-state index is 9.47. The smallest absolute Gasteiger partial charge is 0.115 e. The quantitative estimate of drug-likeness (QED) is 0.843. The number of aromatic hydroxyl groups is 1. The topological polar surface area (TPSA) is 32.7 Å². The molecule has 1 atom stereocenters. The summed E-state index contributed by atoms with van der Waals surface area (Å²) in [5.74, 6) is 0.763. The molecular weight excluding hydrogens is 238 g/mol. The maximum Gasteiger partial charge on any atom is 0.115 e. The number of rotatable bonds is 1. The van der Waals surface area contributed by atoms with Crippen molar-refractivity contribution in [2.24, 2.45) is 0 Å². The Labute approximate surface area is 115 Å². The summed E-state index contributed by atoms with van der Waals surface area (Å²) in [6, 6.07) is 7.69. The minimum absolute atomic E-state index is 0.0295. The van der Waals surface area contributed by atoms with Crippen LogP contribution in [0.1, 0.15) is 43.6 Å². The van der Waals surface area contributed by atoms with Gasteiger partial charge in [-0.1, -0.05) is 31.4 Å². The van der Waals surface area contributed by atoms with E-state index >= 15 is 0 Å². The Kier molecular flexibility index (Phi) is 3.50. The monoisotopic (exact) mass is 261 g/mol. The molecule has 3 heteroatoms. The van der Waals surface area contributed by atoms with Crippen molar-refractivity contribution in [1.29, 1.82) is 0 Å². The number of nitrogens with zero attached hydrogens (tertiary/aromatic N) is 1. The summed E-state index contributed by atoms with van der Waals surface area (Å²) in [6.45, 7) is 1.79. The van der Waals surface area contributed by atoms with Crippen LogP contribution in [-0.2, 0) is 4.74 Å². The molecule has 1 N–H and O–H groups in total. The second-order valence-corrected chi connectivity index (χ2v) is 6.08. The van der Waals surface area contributed by atoms with Crippen molar-refractivity contribution in [2.75, 3.05) is 20.3 Å². The molecule has 0 aromatic heterocycles. The summed E-state index contributed by atoms with van der Waals surface area (Å²) >= 11 is 0. The lowest BCUT2D eigenvalue weighted by Crippen LogP contribution is -2.52. The summed E-state index contributed by atoms with van der Waals surface area (Å²) < 4.78 is 6.28. The lowest BCUT2D eigenvalue weighted by molar-refractivity contribution is -0.161. The van der Waals surface area contributed by atoms with Crippen molar-refractivity contribution in [2.45, 2.75) is 43.6 Å². The van der Waals surface area contributed by atoms with E-state index < -0.39 is 0 Å². The number of hydrogen-bond acceptors (Lipinski definition) is 3. The first-order valence-electron chi connectivity index (χ1n) is 7.31. The van der Waals surface area contributed by atoms with Crippen molar-refractivity contribution in [3.8, 4) is 5.75 Å². The van der Waals surface area contributed by atoms with Gasteiger partial charge in [-0.2, -0.15) is 0 Å². The Bertz CT molecular complexity index is 423. The molecule has 1 saturated heterocycles. The van der Waals surface area contributed by atoms with Crippen LogP contribution in [0.15, 0.2) is 24.3 Å². The van der Waals surface area contributed by atoms with Crippen LogP contribution in [0.4, 0.5) is 0 Å². The molecule has 19 heavy (non-hydrogen) atoms. The predicted octanol–water partition coefficient (Wildman–Crippen LogP) is 3.10. The highest BCUT2D eigenvalue weighted by Crippen LogP contribution is 2.45. The maximum atomic E-state index is 9.47. The summed E-state index contributed by atoms with van der Waals surface area (Å²) in [7, 11) is 2.11. The molecule has 0 amide bonds. The molecule has 2 aliphatic rings. The first kappa shape index (κ1) is 12.9. The molecule has 0 bridgehead atoms. The highest BCUT2D eigenvalue weighted by molar-refractivity contribution is 5.31.